The predicted molar refractivity (Wildman–Crippen MR) is 71.1 cm³/mol. The fourth-order valence-electron chi connectivity index (χ4n) is 1.70. The first-order valence-electron chi connectivity index (χ1n) is 5.42. The Morgan fingerprint density at radius 2 is 1.69 bits per heavy atom. The third-order valence-electron chi connectivity index (χ3n) is 2.63. The van der Waals surface area contributed by atoms with Gasteiger partial charge in [0.2, 0.25) is 0 Å². The molecule has 1 N–H and O–H groups in total. The monoisotopic (exact) mass is 216 g/mol. The minimum atomic E-state index is -0.845. The van der Waals surface area contributed by atoms with Gasteiger partial charge in [-0.05, 0) is 50.5 Å². The van der Waals surface area contributed by atoms with E-state index in [2.05, 4.69) is 13.2 Å². The Morgan fingerprint density at radius 3 is 2.06 bits per heavy atom. The molecule has 1 aromatic carbocycles. The molecule has 0 fully saturated rings. The summed E-state index contributed by atoms with van der Waals surface area (Å²) < 4.78 is 0. The summed E-state index contributed by atoms with van der Waals surface area (Å²) in [6.45, 7) is 15.4. The van der Waals surface area contributed by atoms with Gasteiger partial charge in [-0.1, -0.05) is 36.4 Å². The van der Waals surface area contributed by atoms with Gasteiger partial charge < -0.3 is 5.11 Å². The topological polar surface area (TPSA) is 20.2 Å². The molecule has 0 atom stereocenters. The van der Waals surface area contributed by atoms with E-state index in [9.17, 15) is 5.11 Å². The number of aliphatic hydroxyl groups is 1. The highest BCUT2D eigenvalue weighted by Gasteiger charge is 2.20. The largest absolute Gasteiger partial charge is 0.386 e. The number of rotatable bonds is 3. The highest BCUT2D eigenvalue weighted by atomic mass is 16.3. The maximum absolute atomic E-state index is 10.1. The SMILES string of the molecule is C=C(C)c1ccc(C(C)(C)O)c(C(=C)C)c1. The van der Waals surface area contributed by atoms with Crippen molar-refractivity contribution in [3.63, 3.8) is 0 Å². The van der Waals surface area contributed by atoms with Gasteiger partial charge in [0.05, 0.1) is 5.60 Å². The molecule has 1 nitrogen and oxygen atoms in total. The van der Waals surface area contributed by atoms with Crippen LogP contribution >= 0.6 is 0 Å². The van der Waals surface area contributed by atoms with Crippen molar-refractivity contribution < 1.29 is 5.11 Å². The predicted octanol–water partition coefficient (Wildman–Crippen LogP) is 3.98. The van der Waals surface area contributed by atoms with Crippen LogP contribution in [0.4, 0.5) is 0 Å². The second-order valence-electron chi connectivity index (χ2n) is 4.88. The van der Waals surface area contributed by atoms with Crippen molar-refractivity contribution >= 4 is 11.1 Å². The van der Waals surface area contributed by atoms with Gasteiger partial charge in [-0.3, -0.25) is 0 Å². The molecule has 0 aliphatic rings. The third kappa shape index (κ3) is 2.61. The van der Waals surface area contributed by atoms with Gasteiger partial charge >= 0.3 is 0 Å². The molecule has 16 heavy (non-hydrogen) atoms. The van der Waals surface area contributed by atoms with Crippen molar-refractivity contribution in [2.75, 3.05) is 0 Å². The van der Waals surface area contributed by atoms with Crippen molar-refractivity contribution in [3.8, 4) is 0 Å². The molecule has 0 heterocycles. The van der Waals surface area contributed by atoms with Gasteiger partial charge in [-0.25, -0.2) is 0 Å². The van der Waals surface area contributed by atoms with E-state index < -0.39 is 5.60 Å². The maximum Gasteiger partial charge on any atom is 0.0846 e. The van der Waals surface area contributed by atoms with Gasteiger partial charge in [0.15, 0.2) is 0 Å². The lowest BCUT2D eigenvalue weighted by atomic mass is 9.88. The van der Waals surface area contributed by atoms with E-state index in [4.69, 9.17) is 0 Å². The van der Waals surface area contributed by atoms with Crippen molar-refractivity contribution in [3.05, 3.63) is 48.0 Å². The van der Waals surface area contributed by atoms with Crippen molar-refractivity contribution in [1.82, 2.24) is 0 Å². The third-order valence-corrected chi connectivity index (χ3v) is 2.63. The lowest BCUT2D eigenvalue weighted by Gasteiger charge is -2.22. The van der Waals surface area contributed by atoms with Crippen LogP contribution in [-0.4, -0.2) is 5.11 Å². The Balaban J connectivity index is 3.43. The molecule has 0 aliphatic carbocycles. The van der Waals surface area contributed by atoms with Crippen LogP contribution in [0.3, 0.4) is 0 Å². The van der Waals surface area contributed by atoms with Crippen LogP contribution in [0.1, 0.15) is 44.4 Å². The van der Waals surface area contributed by atoms with Crippen LogP contribution in [0, 0.1) is 0 Å². The molecule has 0 amide bonds. The highest BCUT2D eigenvalue weighted by Crippen LogP contribution is 2.30. The van der Waals surface area contributed by atoms with E-state index in [0.717, 1.165) is 27.8 Å². The molecule has 0 saturated carbocycles. The molecule has 0 bridgehead atoms. The van der Waals surface area contributed by atoms with Crippen molar-refractivity contribution in [1.29, 1.82) is 0 Å². The Hall–Kier alpha value is -1.34. The van der Waals surface area contributed by atoms with E-state index in [1.54, 1.807) is 13.8 Å². The number of allylic oxidation sites excluding steroid dienone is 2. The minimum absolute atomic E-state index is 0.845. The molecule has 0 saturated heterocycles. The van der Waals surface area contributed by atoms with Crippen LogP contribution in [0.5, 0.6) is 0 Å². The zero-order valence-electron chi connectivity index (χ0n) is 10.6. The van der Waals surface area contributed by atoms with Crippen LogP contribution in [-0.2, 0) is 5.60 Å². The Bertz CT molecular complexity index is 433. The summed E-state index contributed by atoms with van der Waals surface area (Å²) in [4.78, 5) is 0. The van der Waals surface area contributed by atoms with E-state index in [1.807, 2.05) is 32.0 Å². The second-order valence-corrected chi connectivity index (χ2v) is 4.88. The molecule has 0 aliphatic heterocycles. The van der Waals surface area contributed by atoms with Crippen LogP contribution in [0.15, 0.2) is 31.4 Å². The summed E-state index contributed by atoms with van der Waals surface area (Å²) >= 11 is 0. The standard InChI is InChI=1S/C15H20O/c1-10(2)12-7-8-14(15(5,6)16)13(9-12)11(3)4/h7-9,16H,1,3H2,2,4-6H3. The highest BCUT2D eigenvalue weighted by molar-refractivity contribution is 5.71. The number of hydrogen-bond acceptors (Lipinski definition) is 1. The van der Waals surface area contributed by atoms with Crippen LogP contribution in [0.25, 0.3) is 11.1 Å². The summed E-state index contributed by atoms with van der Waals surface area (Å²) in [6, 6.07) is 5.98. The smallest absolute Gasteiger partial charge is 0.0846 e. The van der Waals surface area contributed by atoms with Gasteiger partial charge in [0, 0.05) is 0 Å². The van der Waals surface area contributed by atoms with E-state index >= 15 is 0 Å². The minimum Gasteiger partial charge on any atom is -0.386 e. The van der Waals surface area contributed by atoms with Crippen molar-refractivity contribution in [2.45, 2.75) is 33.3 Å². The molecule has 0 aromatic heterocycles. The van der Waals surface area contributed by atoms with E-state index in [0.29, 0.717) is 0 Å². The average Bonchev–Trinajstić information content (AvgIpc) is 2.15. The van der Waals surface area contributed by atoms with E-state index in [-0.39, 0.29) is 0 Å². The summed E-state index contributed by atoms with van der Waals surface area (Å²) in [5.74, 6) is 0. The number of hydrogen-bond donors (Lipinski definition) is 1. The van der Waals surface area contributed by atoms with Gasteiger partial charge in [-0.15, -0.1) is 0 Å². The zero-order chi connectivity index (χ0) is 12.5. The Labute approximate surface area is 98.1 Å². The Morgan fingerprint density at radius 1 is 1.12 bits per heavy atom. The molecule has 0 unspecified atom stereocenters. The van der Waals surface area contributed by atoms with E-state index in [1.165, 1.54) is 0 Å². The van der Waals surface area contributed by atoms with Crippen LogP contribution in [0.2, 0.25) is 0 Å². The fraction of sp³-hybridized carbons (Fsp3) is 0.333. The van der Waals surface area contributed by atoms with Gasteiger partial charge in [0.25, 0.3) is 0 Å². The lowest BCUT2D eigenvalue weighted by molar-refractivity contribution is 0.0783. The average molecular weight is 216 g/mol. The first-order valence-corrected chi connectivity index (χ1v) is 5.42. The molecular weight excluding hydrogens is 196 g/mol. The number of benzene rings is 1. The molecular formula is C15H20O. The molecule has 0 spiro atoms. The lowest BCUT2D eigenvalue weighted by Crippen LogP contribution is -2.17. The van der Waals surface area contributed by atoms with Crippen LogP contribution < -0.4 is 0 Å². The molecule has 1 aromatic rings. The first-order chi connectivity index (χ1) is 7.23. The van der Waals surface area contributed by atoms with Crippen molar-refractivity contribution in [2.24, 2.45) is 0 Å². The summed E-state index contributed by atoms with van der Waals surface area (Å²) in [7, 11) is 0. The Kier molecular flexibility index (Phi) is 3.39. The first kappa shape index (κ1) is 12.7. The molecule has 0 radical (unpaired) electrons. The second kappa shape index (κ2) is 4.26. The molecule has 1 heteroatoms. The van der Waals surface area contributed by atoms with Gasteiger partial charge in [-0.2, -0.15) is 0 Å². The zero-order valence-corrected chi connectivity index (χ0v) is 10.6. The fourth-order valence-corrected chi connectivity index (χ4v) is 1.70. The maximum atomic E-state index is 10.1. The molecule has 86 valence electrons. The normalized spacial score (nSPS) is 11.3. The quantitative estimate of drug-likeness (QED) is 0.810. The molecule has 1 rings (SSSR count). The summed E-state index contributed by atoms with van der Waals surface area (Å²) in [5, 5.41) is 10.1. The summed E-state index contributed by atoms with van der Waals surface area (Å²) in [6.07, 6.45) is 0. The van der Waals surface area contributed by atoms with Gasteiger partial charge in [0.1, 0.15) is 0 Å². The summed E-state index contributed by atoms with van der Waals surface area (Å²) in [5.41, 5.74) is 4.14.